The van der Waals surface area contributed by atoms with Crippen molar-refractivity contribution in [2.75, 3.05) is 13.1 Å². The van der Waals surface area contributed by atoms with Gasteiger partial charge >= 0.3 is 6.01 Å². The largest absolute Gasteiger partial charge is 0.459 e. The van der Waals surface area contributed by atoms with Gasteiger partial charge in [-0.1, -0.05) is 6.07 Å². The number of rotatable bonds is 4. The highest BCUT2D eigenvalue weighted by Gasteiger charge is 2.34. The SMILES string of the molecule is Cc1cc(C)c(C)c(S(=O)(=O)N2CCCC(Oc3ncccn3)C2)c1C. The van der Waals surface area contributed by atoms with Gasteiger partial charge < -0.3 is 4.74 Å². The Labute approximate surface area is 155 Å². The summed E-state index contributed by atoms with van der Waals surface area (Å²) < 4.78 is 34.1. The molecule has 26 heavy (non-hydrogen) atoms. The first-order chi connectivity index (χ1) is 12.3. The average Bonchev–Trinajstić information content (AvgIpc) is 2.61. The summed E-state index contributed by atoms with van der Waals surface area (Å²) in [5, 5.41) is 0. The van der Waals surface area contributed by atoms with Crippen molar-refractivity contribution in [1.82, 2.24) is 14.3 Å². The van der Waals surface area contributed by atoms with Crippen LogP contribution in [0.15, 0.2) is 29.4 Å². The lowest BCUT2D eigenvalue weighted by Crippen LogP contribution is -2.44. The second-order valence-electron chi connectivity index (χ2n) is 6.87. The molecular weight excluding hydrogens is 350 g/mol. The third-order valence-corrected chi connectivity index (χ3v) is 7.19. The monoisotopic (exact) mass is 375 g/mol. The van der Waals surface area contributed by atoms with E-state index in [0.717, 1.165) is 35.1 Å². The van der Waals surface area contributed by atoms with Crippen molar-refractivity contribution in [3.63, 3.8) is 0 Å². The van der Waals surface area contributed by atoms with E-state index in [0.29, 0.717) is 18.0 Å². The molecule has 0 saturated carbocycles. The first-order valence-electron chi connectivity index (χ1n) is 8.82. The maximum Gasteiger partial charge on any atom is 0.316 e. The molecule has 0 spiro atoms. The van der Waals surface area contributed by atoms with E-state index in [1.165, 1.54) is 4.31 Å². The van der Waals surface area contributed by atoms with Crippen molar-refractivity contribution in [3.05, 3.63) is 46.8 Å². The van der Waals surface area contributed by atoms with Crippen molar-refractivity contribution in [1.29, 1.82) is 0 Å². The molecule has 1 aliphatic heterocycles. The van der Waals surface area contributed by atoms with Gasteiger partial charge in [-0.25, -0.2) is 18.4 Å². The fourth-order valence-electron chi connectivity index (χ4n) is 3.41. The van der Waals surface area contributed by atoms with E-state index in [1.807, 2.05) is 33.8 Å². The van der Waals surface area contributed by atoms with E-state index >= 15 is 0 Å². The van der Waals surface area contributed by atoms with Crippen LogP contribution in [0.5, 0.6) is 6.01 Å². The van der Waals surface area contributed by atoms with Crippen molar-refractivity contribution < 1.29 is 13.2 Å². The molecule has 140 valence electrons. The molecule has 1 saturated heterocycles. The quantitative estimate of drug-likeness (QED) is 0.821. The molecule has 2 heterocycles. The Kier molecular flexibility index (Phi) is 5.29. The van der Waals surface area contributed by atoms with Gasteiger partial charge in [0, 0.05) is 18.9 Å². The Morgan fingerprint density at radius 1 is 1.08 bits per heavy atom. The Morgan fingerprint density at radius 3 is 2.31 bits per heavy atom. The molecule has 0 bridgehead atoms. The Morgan fingerprint density at radius 2 is 1.69 bits per heavy atom. The number of sulfonamides is 1. The van der Waals surface area contributed by atoms with Gasteiger partial charge in [-0.15, -0.1) is 0 Å². The lowest BCUT2D eigenvalue weighted by molar-refractivity contribution is 0.119. The summed E-state index contributed by atoms with van der Waals surface area (Å²) in [7, 11) is -3.58. The number of hydrogen-bond acceptors (Lipinski definition) is 5. The Hall–Kier alpha value is -1.99. The van der Waals surface area contributed by atoms with Crippen LogP contribution >= 0.6 is 0 Å². The summed E-state index contributed by atoms with van der Waals surface area (Å²) in [5.41, 5.74) is 3.63. The molecule has 2 aromatic rings. The van der Waals surface area contributed by atoms with E-state index in [2.05, 4.69) is 9.97 Å². The number of aryl methyl sites for hydroxylation is 2. The van der Waals surface area contributed by atoms with Crippen LogP contribution in [-0.2, 0) is 10.0 Å². The van der Waals surface area contributed by atoms with Gasteiger partial charge in [-0.2, -0.15) is 4.31 Å². The van der Waals surface area contributed by atoms with Gasteiger partial charge in [0.15, 0.2) is 0 Å². The van der Waals surface area contributed by atoms with Gasteiger partial charge in [0.2, 0.25) is 10.0 Å². The zero-order chi connectivity index (χ0) is 18.9. The van der Waals surface area contributed by atoms with Gasteiger partial charge in [-0.05, 0) is 68.9 Å². The minimum absolute atomic E-state index is 0.243. The summed E-state index contributed by atoms with van der Waals surface area (Å²) in [5.74, 6) is 0. The molecule has 0 radical (unpaired) electrons. The topological polar surface area (TPSA) is 72.4 Å². The first kappa shape index (κ1) is 18.8. The lowest BCUT2D eigenvalue weighted by atomic mass is 10.0. The maximum atomic E-state index is 13.4. The Bertz CT molecular complexity index is 872. The van der Waals surface area contributed by atoms with Crippen LogP contribution in [0.4, 0.5) is 0 Å². The molecule has 7 heteroatoms. The Balaban J connectivity index is 1.88. The van der Waals surface area contributed by atoms with Gasteiger partial charge in [0.25, 0.3) is 0 Å². The summed E-state index contributed by atoms with van der Waals surface area (Å²) in [6, 6.07) is 4.05. The summed E-state index contributed by atoms with van der Waals surface area (Å²) >= 11 is 0. The molecule has 0 N–H and O–H groups in total. The van der Waals surface area contributed by atoms with Gasteiger partial charge in [0.1, 0.15) is 6.10 Å². The predicted octanol–water partition coefficient (Wildman–Crippen LogP) is 2.94. The highest BCUT2D eigenvalue weighted by atomic mass is 32.2. The minimum Gasteiger partial charge on any atom is -0.459 e. The highest BCUT2D eigenvalue weighted by Crippen LogP contribution is 2.30. The highest BCUT2D eigenvalue weighted by molar-refractivity contribution is 7.89. The summed E-state index contributed by atoms with van der Waals surface area (Å²) in [6.45, 7) is 8.48. The van der Waals surface area contributed by atoms with E-state index in [4.69, 9.17) is 4.74 Å². The number of nitrogens with zero attached hydrogens (tertiary/aromatic N) is 3. The van der Waals surface area contributed by atoms with E-state index in [-0.39, 0.29) is 12.1 Å². The fraction of sp³-hybridized carbons (Fsp3) is 0.474. The third-order valence-electron chi connectivity index (χ3n) is 5.05. The zero-order valence-electron chi connectivity index (χ0n) is 15.7. The normalized spacial score (nSPS) is 18.7. The molecule has 1 unspecified atom stereocenters. The molecule has 1 atom stereocenters. The number of ether oxygens (including phenoxy) is 1. The van der Waals surface area contributed by atoms with E-state index < -0.39 is 10.0 Å². The first-order valence-corrected chi connectivity index (χ1v) is 10.3. The van der Waals surface area contributed by atoms with Crippen molar-refractivity contribution in [3.8, 4) is 6.01 Å². The van der Waals surface area contributed by atoms with Crippen LogP contribution in [0.2, 0.25) is 0 Å². The van der Waals surface area contributed by atoms with Crippen LogP contribution in [-0.4, -0.2) is 41.9 Å². The second kappa shape index (κ2) is 7.32. The van der Waals surface area contributed by atoms with Crippen LogP contribution in [0.25, 0.3) is 0 Å². The average molecular weight is 375 g/mol. The smallest absolute Gasteiger partial charge is 0.316 e. The standard InChI is InChI=1S/C19H25N3O3S/c1-13-11-14(2)16(4)18(15(13)3)26(23,24)22-10-5-7-17(12-22)25-19-20-8-6-9-21-19/h6,8-9,11,17H,5,7,10,12H2,1-4H3. The lowest BCUT2D eigenvalue weighted by Gasteiger charge is -2.32. The molecular formula is C19H25N3O3S. The predicted molar refractivity (Wildman–Crippen MR) is 99.8 cm³/mol. The number of hydrogen-bond donors (Lipinski definition) is 0. The molecule has 0 amide bonds. The van der Waals surface area contributed by atoms with Crippen LogP contribution in [0.1, 0.15) is 35.1 Å². The van der Waals surface area contributed by atoms with Crippen LogP contribution in [0, 0.1) is 27.7 Å². The number of piperidine rings is 1. The molecule has 0 aliphatic carbocycles. The summed E-state index contributed by atoms with van der Waals surface area (Å²) in [4.78, 5) is 8.57. The second-order valence-corrected chi connectivity index (χ2v) is 8.74. The molecule has 1 fully saturated rings. The third kappa shape index (κ3) is 3.59. The maximum absolute atomic E-state index is 13.4. The van der Waals surface area contributed by atoms with Gasteiger partial charge in [-0.3, -0.25) is 0 Å². The molecule has 1 aromatic heterocycles. The van der Waals surface area contributed by atoms with Gasteiger partial charge in [0.05, 0.1) is 11.4 Å². The van der Waals surface area contributed by atoms with Crippen molar-refractivity contribution >= 4 is 10.0 Å². The molecule has 6 nitrogen and oxygen atoms in total. The zero-order valence-corrected chi connectivity index (χ0v) is 16.5. The van der Waals surface area contributed by atoms with Crippen LogP contribution < -0.4 is 4.74 Å². The number of aromatic nitrogens is 2. The molecule has 1 aromatic carbocycles. The molecule has 1 aliphatic rings. The van der Waals surface area contributed by atoms with Crippen molar-refractivity contribution in [2.24, 2.45) is 0 Å². The summed E-state index contributed by atoms with van der Waals surface area (Å²) in [6.07, 6.45) is 4.52. The van der Waals surface area contributed by atoms with E-state index in [1.54, 1.807) is 18.5 Å². The minimum atomic E-state index is -3.58. The fourth-order valence-corrected chi connectivity index (χ4v) is 5.50. The van der Waals surface area contributed by atoms with Crippen molar-refractivity contribution in [2.45, 2.75) is 51.5 Å². The van der Waals surface area contributed by atoms with E-state index in [9.17, 15) is 8.42 Å². The number of benzene rings is 1. The van der Waals surface area contributed by atoms with Crippen LogP contribution in [0.3, 0.4) is 0 Å². The molecule has 3 rings (SSSR count).